The van der Waals surface area contributed by atoms with Gasteiger partial charge in [-0.1, -0.05) is 18.2 Å². The third-order valence-corrected chi connectivity index (χ3v) is 4.58. The fraction of sp³-hybridized carbons (Fsp3) is 0.368. The van der Waals surface area contributed by atoms with Gasteiger partial charge in [-0.2, -0.15) is 0 Å². The highest BCUT2D eigenvalue weighted by Crippen LogP contribution is 2.48. The van der Waals surface area contributed by atoms with Crippen LogP contribution < -0.4 is 15.4 Å². The Balaban J connectivity index is 0.00000243. The van der Waals surface area contributed by atoms with Crippen LogP contribution in [0.2, 0.25) is 0 Å². The number of hydrogen-bond donors (Lipinski definition) is 2. The second kappa shape index (κ2) is 9.16. The van der Waals surface area contributed by atoms with E-state index in [-0.39, 0.29) is 35.2 Å². The summed E-state index contributed by atoms with van der Waals surface area (Å²) in [5, 5.41) is 6.59. The SMILES string of the molecule is CN=C(NCc1ccnc(OC)c1)NCC1(c2ccccc2F)CC1.I. The van der Waals surface area contributed by atoms with Crippen LogP contribution in [-0.4, -0.2) is 31.6 Å². The lowest BCUT2D eigenvalue weighted by Crippen LogP contribution is -2.41. The van der Waals surface area contributed by atoms with Crippen molar-refractivity contribution in [2.24, 2.45) is 4.99 Å². The summed E-state index contributed by atoms with van der Waals surface area (Å²) in [6.45, 7) is 1.26. The van der Waals surface area contributed by atoms with Crippen molar-refractivity contribution < 1.29 is 9.13 Å². The Kier molecular flexibility index (Phi) is 7.19. The highest BCUT2D eigenvalue weighted by atomic mass is 127. The molecule has 1 aliphatic carbocycles. The molecule has 0 aliphatic heterocycles. The van der Waals surface area contributed by atoms with Crippen molar-refractivity contribution in [2.75, 3.05) is 20.7 Å². The first-order chi connectivity index (χ1) is 12.2. The highest BCUT2D eigenvalue weighted by Gasteiger charge is 2.45. The van der Waals surface area contributed by atoms with Crippen LogP contribution in [-0.2, 0) is 12.0 Å². The summed E-state index contributed by atoms with van der Waals surface area (Å²) in [6, 6.07) is 10.8. The molecule has 0 atom stereocenters. The summed E-state index contributed by atoms with van der Waals surface area (Å²) in [4.78, 5) is 8.34. The molecule has 1 fully saturated rings. The van der Waals surface area contributed by atoms with Crippen LogP contribution in [0.15, 0.2) is 47.6 Å². The topological polar surface area (TPSA) is 58.5 Å². The number of hydrogen-bond acceptors (Lipinski definition) is 3. The number of ether oxygens (including phenoxy) is 1. The van der Waals surface area contributed by atoms with Gasteiger partial charge in [-0.05, 0) is 36.1 Å². The van der Waals surface area contributed by atoms with Crippen molar-refractivity contribution in [3.8, 4) is 5.88 Å². The van der Waals surface area contributed by atoms with E-state index in [0.29, 0.717) is 24.9 Å². The van der Waals surface area contributed by atoms with Gasteiger partial charge in [-0.25, -0.2) is 9.37 Å². The summed E-state index contributed by atoms with van der Waals surface area (Å²) in [6.07, 6.45) is 3.68. The lowest BCUT2D eigenvalue weighted by Gasteiger charge is -2.19. The van der Waals surface area contributed by atoms with Gasteiger partial charge in [0.05, 0.1) is 7.11 Å². The number of rotatable bonds is 6. The van der Waals surface area contributed by atoms with E-state index in [4.69, 9.17) is 4.74 Å². The Morgan fingerprint density at radius 3 is 2.69 bits per heavy atom. The third kappa shape index (κ3) is 4.84. The van der Waals surface area contributed by atoms with Crippen LogP contribution in [0.4, 0.5) is 4.39 Å². The maximum absolute atomic E-state index is 14.1. The molecule has 140 valence electrons. The Labute approximate surface area is 170 Å². The lowest BCUT2D eigenvalue weighted by molar-refractivity contribution is 0.397. The minimum atomic E-state index is -0.131. The normalized spacial score (nSPS) is 15.0. The molecule has 1 heterocycles. The van der Waals surface area contributed by atoms with Crippen molar-refractivity contribution in [3.63, 3.8) is 0 Å². The highest BCUT2D eigenvalue weighted by molar-refractivity contribution is 14.0. The number of halogens is 2. The van der Waals surface area contributed by atoms with E-state index in [1.54, 1.807) is 26.4 Å². The molecule has 2 N–H and O–H groups in total. The number of pyridine rings is 1. The molecule has 0 unspecified atom stereocenters. The van der Waals surface area contributed by atoms with Crippen molar-refractivity contribution in [1.29, 1.82) is 0 Å². The zero-order valence-electron chi connectivity index (χ0n) is 15.0. The molecule has 1 aliphatic rings. The molecule has 1 aromatic carbocycles. The van der Waals surface area contributed by atoms with E-state index in [1.807, 2.05) is 24.3 Å². The van der Waals surface area contributed by atoms with Gasteiger partial charge < -0.3 is 15.4 Å². The van der Waals surface area contributed by atoms with Crippen LogP contribution in [0.3, 0.4) is 0 Å². The number of aromatic nitrogens is 1. The Bertz CT molecular complexity index is 765. The maximum Gasteiger partial charge on any atom is 0.213 e. The van der Waals surface area contributed by atoms with E-state index in [0.717, 1.165) is 24.0 Å². The fourth-order valence-corrected chi connectivity index (χ4v) is 2.91. The second-order valence-electron chi connectivity index (χ2n) is 6.25. The Hall–Kier alpha value is -1.90. The van der Waals surface area contributed by atoms with Crippen LogP contribution in [0.5, 0.6) is 5.88 Å². The predicted molar refractivity (Wildman–Crippen MR) is 112 cm³/mol. The number of aliphatic imine (C=N–C) groups is 1. The smallest absolute Gasteiger partial charge is 0.213 e. The van der Waals surface area contributed by atoms with Crippen LogP contribution in [0.1, 0.15) is 24.0 Å². The van der Waals surface area contributed by atoms with Crippen molar-refractivity contribution in [2.45, 2.75) is 24.8 Å². The molecule has 0 amide bonds. The first kappa shape index (κ1) is 20.4. The van der Waals surface area contributed by atoms with E-state index < -0.39 is 0 Å². The average molecular weight is 470 g/mol. The van der Waals surface area contributed by atoms with Gasteiger partial charge in [-0.15, -0.1) is 24.0 Å². The summed E-state index contributed by atoms with van der Waals surface area (Å²) < 4.78 is 19.2. The molecule has 3 rings (SSSR count). The molecule has 26 heavy (non-hydrogen) atoms. The number of nitrogens with zero attached hydrogens (tertiary/aromatic N) is 2. The van der Waals surface area contributed by atoms with Crippen LogP contribution >= 0.6 is 24.0 Å². The molecule has 1 saturated carbocycles. The van der Waals surface area contributed by atoms with E-state index in [9.17, 15) is 4.39 Å². The third-order valence-electron chi connectivity index (χ3n) is 4.58. The van der Waals surface area contributed by atoms with Gasteiger partial charge in [0.2, 0.25) is 5.88 Å². The standard InChI is InChI=1S/C19H23FN4O.HI/c1-21-18(23-12-14-7-10-22-17(11-14)25-2)24-13-19(8-9-19)15-5-3-4-6-16(15)20;/h3-7,10-11H,8-9,12-13H2,1-2H3,(H2,21,23,24);1H. The number of methoxy groups -OCH3 is 1. The van der Waals surface area contributed by atoms with Crippen LogP contribution in [0, 0.1) is 5.82 Å². The summed E-state index contributed by atoms with van der Waals surface area (Å²) in [5.74, 6) is 1.14. The van der Waals surface area contributed by atoms with Gasteiger partial charge in [0, 0.05) is 37.8 Å². The minimum Gasteiger partial charge on any atom is -0.481 e. The molecular formula is C19H24FIN4O. The number of guanidine groups is 1. The predicted octanol–water partition coefficient (Wildman–Crippen LogP) is 3.24. The average Bonchev–Trinajstić information content (AvgIpc) is 3.43. The van der Waals surface area contributed by atoms with Gasteiger partial charge in [0.15, 0.2) is 5.96 Å². The van der Waals surface area contributed by atoms with Crippen molar-refractivity contribution in [3.05, 3.63) is 59.5 Å². The minimum absolute atomic E-state index is 0. The van der Waals surface area contributed by atoms with Gasteiger partial charge >= 0.3 is 0 Å². The summed E-state index contributed by atoms with van der Waals surface area (Å²) in [7, 11) is 3.32. The first-order valence-electron chi connectivity index (χ1n) is 8.35. The maximum atomic E-state index is 14.1. The van der Waals surface area contributed by atoms with Gasteiger partial charge in [-0.3, -0.25) is 4.99 Å². The molecule has 1 aromatic heterocycles. The van der Waals surface area contributed by atoms with E-state index in [2.05, 4.69) is 20.6 Å². The Morgan fingerprint density at radius 2 is 2.04 bits per heavy atom. The molecule has 0 saturated heterocycles. The monoisotopic (exact) mass is 470 g/mol. The number of nitrogens with one attached hydrogen (secondary N) is 2. The van der Waals surface area contributed by atoms with Crippen molar-refractivity contribution in [1.82, 2.24) is 15.6 Å². The van der Waals surface area contributed by atoms with Gasteiger partial charge in [0.25, 0.3) is 0 Å². The molecule has 0 bridgehead atoms. The molecule has 0 radical (unpaired) electrons. The van der Waals surface area contributed by atoms with E-state index in [1.165, 1.54) is 6.07 Å². The Morgan fingerprint density at radius 1 is 1.27 bits per heavy atom. The zero-order valence-corrected chi connectivity index (χ0v) is 17.3. The summed E-state index contributed by atoms with van der Waals surface area (Å²) in [5.41, 5.74) is 1.71. The fourth-order valence-electron chi connectivity index (χ4n) is 2.91. The summed E-state index contributed by atoms with van der Waals surface area (Å²) >= 11 is 0. The molecular weight excluding hydrogens is 446 g/mol. The second-order valence-corrected chi connectivity index (χ2v) is 6.25. The van der Waals surface area contributed by atoms with E-state index >= 15 is 0 Å². The zero-order chi connectivity index (χ0) is 17.7. The molecule has 5 nitrogen and oxygen atoms in total. The first-order valence-corrected chi connectivity index (χ1v) is 8.35. The van der Waals surface area contributed by atoms with Gasteiger partial charge in [0.1, 0.15) is 5.82 Å². The molecule has 2 aromatic rings. The largest absolute Gasteiger partial charge is 0.481 e. The van der Waals surface area contributed by atoms with Crippen LogP contribution in [0.25, 0.3) is 0 Å². The van der Waals surface area contributed by atoms with Crippen molar-refractivity contribution >= 4 is 29.9 Å². The molecule has 0 spiro atoms. The number of benzene rings is 1. The quantitative estimate of drug-likeness (QED) is 0.387. The lowest BCUT2D eigenvalue weighted by atomic mass is 9.95. The molecule has 7 heteroatoms.